The number of hydrogen-bond donors (Lipinski definition) is 0. The Balaban J connectivity index is 2.29. The average molecular weight is 121 g/mol. The second-order valence-electron chi connectivity index (χ2n) is 1.48. The number of esters is 1. The van der Waals surface area contributed by atoms with E-state index in [-0.39, 0.29) is 11.9 Å². The molecule has 0 aliphatic carbocycles. The minimum absolute atomic E-state index is 0.0123. The van der Waals surface area contributed by atoms with Crippen LogP contribution in [-0.2, 0) is 9.53 Å². The summed E-state index contributed by atoms with van der Waals surface area (Å²) >= 11 is 5.30. The van der Waals surface area contributed by atoms with Gasteiger partial charge in [-0.25, -0.2) is 0 Å². The van der Waals surface area contributed by atoms with E-state index in [0.29, 0.717) is 12.5 Å². The standard InChI is InChI=1S/C4H5ClO2/c5-1-3-2-7-4(3)6/h3H,1-2H2. The van der Waals surface area contributed by atoms with Crippen LogP contribution in [-0.4, -0.2) is 18.5 Å². The second kappa shape index (κ2) is 1.70. The first-order chi connectivity index (χ1) is 3.34. The lowest BCUT2D eigenvalue weighted by molar-refractivity contribution is -0.166. The number of carbonyl (C=O) groups excluding carboxylic acids is 1. The third-order valence-corrected chi connectivity index (χ3v) is 1.32. The zero-order valence-corrected chi connectivity index (χ0v) is 4.44. The maximum Gasteiger partial charge on any atom is 0.313 e. The van der Waals surface area contributed by atoms with Crippen molar-refractivity contribution in [2.24, 2.45) is 5.92 Å². The van der Waals surface area contributed by atoms with Gasteiger partial charge in [0.25, 0.3) is 0 Å². The Bertz CT molecular complexity index is 89.7. The molecule has 1 aliphatic rings. The van der Waals surface area contributed by atoms with Crippen LogP contribution in [0.15, 0.2) is 0 Å². The molecule has 0 radical (unpaired) electrons. The summed E-state index contributed by atoms with van der Waals surface area (Å²) in [5.41, 5.74) is 0. The van der Waals surface area contributed by atoms with Gasteiger partial charge in [0.05, 0.1) is 0 Å². The van der Waals surface area contributed by atoms with Crippen molar-refractivity contribution in [2.75, 3.05) is 12.5 Å². The van der Waals surface area contributed by atoms with Crippen LogP contribution in [0.4, 0.5) is 0 Å². The third-order valence-electron chi connectivity index (χ3n) is 0.946. The molecular weight excluding hydrogens is 115 g/mol. The fraction of sp³-hybridized carbons (Fsp3) is 0.750. The van der Waals surface area contributed by atoms with Crippen molar-refractivity contribution in [3.05, 3.63) is 0 Å². The summed E-state index contributed by atoms with van der Waals surface area (Å²) in [6.07, 6.45) is 0. The van der Waals surface area contributed by atoms with Gasteiger partial charge in [0.1, 0.15) is 12.5 Å². The van der Waals surface area contributed by atoms with E-state index in [1.165, 1.54) is 0 Å². The normalized spacial score (nSPS) is 28.7. The van der Waals surface area contributed by atoms with Crippen LogP contribution in [0.5, 0.6) is 0 Å². The maximum atomic E-state index is 10.2. The van der Waals surface area contributed by atoms with E-state index in [0.717, 1.165) is 0 Å². The van der Waals surface area contributed by atoms with Crippen LogP contribution in [0.3, 0.4) is 0 Å². The van der Waals surface area contributed by atoms with Gasteiger partial charge >= 0.3 is 5.97 Å². The van der Waals surface area contributed by atoms with Gasteiger partial charge in [0.15, 0.2) is 0 Å². The van der Waals surface area contributed by atoms with Gasteiger partial charge in [0.2, 0.25) is 0 Å². The van der Waals surface area contributed by atoms with Crippen molar-refractivity contribution in [1.29, 1.82) is 0 Å². The number of halogens is 1. The second-order valence-corrected chi connectivity index (χ2v) is 1.79. The zero-order valence-electron chi connectivity index (χ0n) is 3.69. The van der Waals surface area contributed by atoms with E-state index in [4.69, 9.17) is 11.6 Å². The topological polar surface area (TPSA) is 26.3 Å². The predicted octanol–water partition coefficient (Wildman–Crippen LogP) is 0.398. The molecule has 3 heteroatoms. The summed E-state index contributed by atoms with van der Waals surface area (Å²) in [6.45, 7) is 0.516. The van der Waals surface area contributed by atoms with Crippen molar-refractivity contribution in [3.63, 3.8) is 0 Å². The molecule has 1 fully saturated rings. The first-order valence-corrected chi connectivity index (χ1v) is 2.60. The summed E-state index contributed by atoms with van der Waals surface area (Å²) in [7, 11) is 0. The predicted molar refractivity (Wildman–Crippen MR) is 25.2 cm³/mol. The Hall–Kier alpha value is -0.240. The summed E-state index contributed by atoms with van der Waals surface area (Å²) in [6, 6.07) is 0. The van der Waals surface area contributed by atoms with Crippen LogP contribution >= 0.6 is 11.6 Å². The lowest BCUT2D eigenvalue weighted by Crippen LogP contribution is -2.35. The molecule has 0 aromatic rings. The molecule has 0 N–H and O–H groups in total. The highest BCUT2D eigenvalue weighted by Crippen LogP contribution is 2.12. The van der Waals surface area contributed by atoms with Gasteiger partial charge in [-0.05, 0) is 0 Å². The van der Waals surface area contributed by atoms with E-state index in [2.05, 4.69) is 4.74 Å². The van der Waals surface area contributed by atoms with Gasteiger partial charge in [-0.3, -0.25) is 4.79 Å². The number of cyclic esters (lactones) is 1. The molecule has 0 aromatic carbocycles. The highest BCUT2D eigenvalue weighted by Gasteiger charge is 2.29. The van der Waals surface area contributed by atoms with Crippen LogP contribution in [0.1, 0.15) is 0 Å². The highest BCUT2D eigenvalue weighted by molar-refractivity contribution is 6.19. The summed E-state index contributed by atoms with van der Waals surface area (Å²) < 4.78 is 4.41. The first kappa shape index (κ1) is 4.91. The molecule has 7 heavy (non-hydrogen) atoms. The Morgan fingerprint density at radius 1 is 2.00 bits per heavy atom. The average Bonchev–Trinajstić information content (AvgIpc) is 1.65. The maximum absolute atomic E-state index is 10.2. The van der Waals surface area contributed by atoms with Gasteiger partial charge < -0.3 is 4.74 Å². The zero-order chi connectivity index (χ0) is 5.28. The largest absolute Gasteiger partial charge is 0.464 e. The van der Waals surface area contributed by atoms with Crippen LogP contribution in [0, 0.1) is 5.92 Å². The molecule has 1 heterocycles. The van der Waals surface area contributed by atoms with Crippen molar-refractivity contribution in [1.82, 2.24) is 0 Å². The Morgan fingerprint density at radius 3 is 2.71 bits per heavy atom. The van der Waals surface area contributed by atoms with Gasteiger partial charge in [-0.2, -0.15) is 0 Å². The Kier molecular flexibility index (Phi) is 1.19. The summed E-state index contributed by atoms with van der Waals surface area (Å²) in [4.78, 5) is 10.2. The minimum atomic E-state index is -0.157. The fourth-order valence-corrected chi connectivity index (χ4v) is 0.592. The van der Waals surface area contributed by atoms with Crippen LogP contribution in [0.25, 0.3) is 0 Å². The number of ether oxygens (including phenoxy) is 1. The van der Waals surface area contributed by atoms with Crippen molar-refractivity contribution in [2.45, 2.75) is 0 Å². The molecule has 2 nitrogen and oxygen atoms in total. The van der Waals surface area contributed by atoms with Crippen molar-refractivity contribution < 1.29 is 9.53 Å². The number of alkyl halides is 1. The molecular formula is C4H5ClO2. The molecule has 0 aromatic heterocycles. The minimum Gasteiger partial charge on any atom is -0.464 e. The van der Waals surface area contributed by atoms with E-state index in [1.54, 1.807) is 0 Å². The van der Waals surface area contributed by atoms with Crippen molar-refractivity contribution in [3.8, 4) is 0 Å². The molecule has 1 saturated heterocycles. The summed E-state index contributed by atoms with van der Waals surface area (Å²) in [5.74, 6) is 0.232. The molecule has 1 rings (SSSR count). The van der Waals surface area contributed by atoms with E-state index in [9.17, 15) is 4.79 Å². The highest BCUT2D eigenvalue weighted by atomic mass is 35.5. The quantitative estimate of drug-likeness (QED) is 0.370. The lowest BCUT2D eigenvalue weighted by Gasteiger charge is -2.21. The van der Waals surface area contributed by atoms with Crippen LogP contribution < -0.4 is 0 Å². The smallest absolute Gasteiger partial charge is 0.313 e. The van der Waals surface area contributed by atoms with E-state index >= 15 is 0 Å². The van der Waals surface area contributed by atoms with Gasteiger partial charge in [-0.15, -0.1) is 11.6 Å². The van der Waals surface area contributed by atoms with Gasteiger partial charge in [0, 0.05) is 5.88 Å². The Morgan fingerprint density at radius 2 is 2.71 bits per heavy atom. The molecule has 40 valence electrons. The molecule has 0 bridgehead atoms. The van der Waals surface area contributed by atoms with Crippen LogP contribution in [0.2, 0.25) is 0 Å². The molecule has 1 unspecified atom stereocenters. The monoisotopic (exact) mass is 120 g/mol. The fourth-order valence-electron chi connectivity index (χ4n) is 0.377. The first-order valence-electron chi connectivity index (χ1n) is 2.07. The number of hydrogen-bond acceptors (Lipinski definition) is 2. The molecule has 1 atom stereocenters. The third kappa shape index (κ3) is 0.703. The molecule has 0 amide bonds. The molecule has 0 saturated carbocycles. The summed E-state index contributed by atoms with van der Waals surface area (Å²) in [5, 5.41) is 0. The van der Waals surface area contributed by atoms with E-state index < -0.39 is 0 Å². The Labute approximate surface area is 46.4 Å². The molecule has 1 aliphatic heterocycles. The van der Waals surface area contributed by atoms with Gasteiger partial charge in [-0.1, -0.05) is 0 Å². The number of carbonyl (C=O) groups is 1. The van der Waals surface area contributed by atoms with Crippen molar-refractivity contribution >= 4 is 17.6 Å². The number of rotatable bonds is 1. The SMILES string of the molecule is O=C1OCC1CCl. The lowest BCUT2D eigenvalue weighted by atomic mass is 10.1. The molecule has 0 spiro atoms. The van der Waals surface area contributed by atoms with E-state index in [1.807, 2.05) is 0 Å².